The van der Waals surface area contributed by atoms with E-state index in [2.05, 4.69) is 5.32 Å². The summed E-state index contributed by atoms with van der Waals surface area (Å²) in [4.78, 5) is 11.4. The van der Waals surface area contributed by atoms with Gasteiger partial charge in [-0.05, 0) is 25.2 Å². The van der Waals surface area contributed by atoms with E-state index in [1.165, 1.54) is 12.8 Å². The molecule has 5 nitrogen and oxygen atoms in total. The zero-order valence-electron chi connectivity index (χ0n) is 11.0. The molecule has 0 aromatic carbocycles. The lowest BCUT2D eigenvalue weighted by Crippen LogP contribution is -2.32. The van der Waals surface area contributed by atoms with Crippen LogP contribution in [0.1, 0.15) is 25.7 Å². The van der Waals surface area contributed by atoms with Crippen molar-refractivity contribution < 1.29 is 14.3 Å². The minimum atomic E-state index is -0.180. The maximum atomic E-state index is 11.4. The van der Waals surface area contributed by atoms with E-state index in [1.54, 1.807) is 7.11 Å². The molecule has 6 heteroatoms. The lowest BCUT2D eigenvalue weighted by molar-refractivity contribution is -0.123. The zero-order valence-corrected chi connectivity index (χ0v) is 11.8. The molecule has 108 valence electrons. The molecule has 0 radical (unpaired) electrons. The molecule has 0 spiro atoms. The van der Waals surface area contributed by atoms with Gasteiger partial charge in [-0.3, -0.25) is 4.79 Å². The molecule has 0 aromatic rings. The number of nitrogens with two attached hydrogens (primary N) is 1. The molecule has 1 amide bonds. The van der Waals surface area contributed by atoms with E-state index >= 15 is 0 Å². The number of rotatable bonds is 10. The number of ether oxygens (including phenoxy) is 2. The summed E-state index contributed by atoms with van der Waals surface area (Å²) < 4.78 is 10.5. The third-order valence-electron chi connectivity index (χ3n) is 2.85. The molecule has 1 unspecified atom stereocenters. The Labute approximate surface area is 115 Å². The van der Waals surface area contributed by atoms with E-state index in [1.807, 2.05) is 0 Å². The standard InChI is InChI=1S/C12H24N2O3.ClH/c1-16-11(8-13)7-12(15)14-5-2-6-17-9-10-3-4-10;/h10-11H,2-9,13H2,1H3,(H,14,15);1H. The van der Waals surface area contributed by atoms with Crippen LogP contribution in [0.4, 0.5) is 0 Å². The topological polar surface area (TPSA) is 73.6 Å². The minimum Gasteiger partial charge on any atom is -0.381 e. The molecular weight excluding hydrogens is 256 g/mol. The number of carbonyl (C=O) groups excluding carboxylic acids is 1. The largest absolute Gasteiger partial charge is 0.381 e. The Balaban J connectivity index is 0.00000289. The van der Waals surface area contributed by atoms with Crippen LogP contribution in [0, 0.1) is 5.92 Å². The van der Waals surface area contributed by atoms with Crippen LogP contribution in [0.2, 0.25) is 0 Å². The average molecular weight is 281 g/mol. The van der Waals surface area contributed by atoms with Gasteiger partial charge in [0.05, 0.1) is 12.5 Å². The lowest BCUT2D eigenvalue weighted by Gasteiger charge is -2.12. The van der Waals surface area contributed by atoms with Crippen molar-refractivity contribution in [1.29, 1.82) is 0 Å². The maximum absolute atomic E-state index is 11.4. The molecule has 1 atom stereocenters. The summed E-state index contributed by atoms with van der Waals surface area (Å²) >= 11 is 0. The van der Waals surface area contributed by atoms with E-state index in [9.17, 15) is 4.79 Å². The second-order valence-electron chi connectivity index (χ2n) is 4.52. The van der Waals surface area contributed by atoms with Crippen molar-refractivity contribution in [3.8, 4) is 0 Å². The fourth-order valence-electron chi connectivity index (χ4n) is 1.48. The SMILES string of the molecule is COC(CN)CC(=O)NCCCOCC1CC1.Cl. The summed E-state index contributed by atoms with van der Waals surface area (Å²) in [5, 5.41) is 2.83. The number of halogens is 1. The normalized spacial score (nSPS) is 15.9. The van der Waals surface area contributed by atoms with Gasteiger partial charge in [0.15, 0.2) is 0 Å². The van der Waals surface area contributed by atoms with Gasteiger partial charge >= 0.3 is 0 Å². The van der Waals surface area contributed by atoms with E-state index in [0.29, 0.717) is 19.5 Å². The van der Waals surface area contributed by atoms with Gasteiger partial charge in [0, 0.05) is 33.4 Å². The quantitative estimate of drug-likeness (QED) is 0.578. The predicted octanol–water partition coefficient (Wildman–Crippen LogP) is 0.705. The first kappa shape index (κ1) is 17.6. The zero-order chi connectivity index (χ0) is 12.5. The van der Waals surface area contributed by atoms with Crippen molar-refractivity contribution in [1.82, 2.24) is 5.32 Å². The second-order valence-corrected chi connectivity index (χ2v) is 4.52. The highest BCUT2D eigenvalue weighted by Crippen LogP contribution is 2.28. The van der Waals surface area contributed by atoms with E-state index in [0.717, 1.165) is 25.6 Å². The fourth-order valence-corrected chi connectivity index (χ4v) is 1.48. The summed E-state index contributed by atoms with van der Waals surface area (Å²) in [6.45, 7) is 2.63. The molecule has 0 heterocycles. The number of nitrogens with one attached hydrogen (secondary N) is 1. The van der Waals surface area contributed by atoms with E-state index in [4.69, 9.17) is 15.2 Å². The Morgan fingerprint density at radius 1 is 1.50 bits per heavy atom. The van der Waals surface area contributed by atoms with Crippen LogP contribution in [-0.4, -0.2) is 45.4 Å². The maximum Gasteiger partial charge on any atom is 0.222 e. The highest BCUT2D eigenvalue weighted by atomic mass is 35.5. The molecule has 1 aliphatic rings. The lowest BCUT2D eigenvalue weighted by atomic mass is 10.2. The third-order valence-corrected chi connectivity index (χ3v) is 2.85. The van der Waals surface area contributed by atoms with Crippen molar-refractivity contribution in [3.05, 3.63) is 0 Å². The van der Waals surface area contributed by atoms with Gasteiger partial charge < -0.3 is 20.5 Å². The molecule has 3 N–H and O–H groups in total. The molecule has 1 rings (SSSR count). The van der Waals surface area contributed by atoms with Gasteiger partial charge in [-0.25, -0.2) is 0 Å². The van der Waals surface area contributed by atoms with Crippen molar-refractivity contribution in [2.45, 2.75) is 31.8 Å². The predicted molar refractivity (Wildman–Crippen MR) is 72.9 cm³/mol. The Morgan fingerprint density at radius 2 is 2.22 bits per heavy atom. The Kier molecular flexibility index (Phi) is 10.3. The highest BCUT2D eigenvalue weighted by Gasteiger charge is 2.20. The van der Waals surface area contributed by atoms with Gasteiger partial charge in [-0.15, -0.1) is 12.4 Å². The molecule has 0 saturated heterocycles. The van der Waals surface area contributed by atoms with Crippen molar-refractivity contribution >= 4 is 18.3 Å². The van der Waals surface area contributed by atoms with Crippen LogP contribution < -0.4 is 11.1 Å². The van der Waals surface area contributed by atoms with Crippen LogP contribution in [0.25, 0.3) is 0 Å². The van der Waals surface area contributed by atoms with Crippen LogP contribution in [0.5, 0.6) is 0 Å². The van der Waals surface area contributed by atoms with Crippen molar-refractivity contribution in [3.63, 3.8) is 0 Å². The number of methoxy groups -OCH3 is 1. The summed E-state index contributed by atoms with van der Waals surface area (Å²) in [6, 6.07) is 0. The Bertz CT molecular complexity index is 221. The van der Waals surface area contributed by atoms with Gasteiger partial charge in [0.2, 0.25) is 5.91 Å². The van der Waals surface area contributed by atoms with Crippen molar-refractivity contribution in [2.24, 2.45) is 11.7 Å². The molecule has 1 aliphatic carbocycles. The molecule has 1 saturated carbocycles. The molecule has 18 heavy (non-hydrogen) atoms. The number of amides is 1. The van der Waals surface area contributed by atoms with Crippen molar-refractivity contribution in [2.75, 3.05) is 33.4 Å². The van der Waals surface area contributed by atoms with Crippen LogP contribution in [-0.2, 0) is 14.3 Å². The molecule has 0 aromatic heterocycles. The first-order chi connectivity index (χ1) is 8.26. The number of hydrogen-bond donors (Lipinski definition) is 2. The molecule has 1 fully saturated rings. The van der Waals surface area contributed by atoms with Gasteiger partial charge in [-0.2, -0.15) is 0 Å². The Morgan fingerprint density at radius 3 is 2.78 bits per heavy atom. The minimum absolute atomic E-state index is 0. The smallest absolute Gasteiger partial charge is 0.222 e. The highest BCUT2D eigenvalue weighted by molar-refractivity contribution is 5.85. The third kappa shape index (κ3) is 8.69. The van der Waals surface area contributed by atoms with Crippen LogP contribution in [0.15, 0.2) is 0 Å². The van der Waals surface area contributed by atoms with Gasteiger partial charge in [0.25, 0.3) is 0 Å². The first-order valence-corrected chi connectivity index (χ1v) is 6.33. The molecule has 0 bridgehead atoms. The van der Waals surface area contributed by atoms with Gasteiger partial charge in [-0.1, -0.05) is 0 Å². The molecule has 0 aliphatic heterocycles. The van der Waals surface area contributed by atoms with Crippen LogP contribution in [0.3, 0.4) is 0 Å². The molecular formula is C12H25ClN2O3. The fraction of sp³-hybridized carbons (Fsp3) is 0.917. The van der Waals surface area contributed by atoms with E-state index < -0.39 is 0 Å². The summed E-state index contributed by atoms with van der Waals surface area (Å²) in [5.41, 5.74) is 5.44. The van der Waals surface area contributed by atoms with Gasteiger partial charge in [0.1, 0.15) is 0 Å². The summed E-state index contributed by atoms with van der Waals surface area (Å²) in [6.07, 6.45) is 3.64. The summed E-state index contributed by atoms with van der Waals surface area (Å²) in [5.74, 6) is 0.793. The average Bonchev–Trinajstić information content (AvgIpc) is 3.14. The van der Waals surface area contributed by atoms with E-state index in [-0.39, 0.29) is 24.4 Å². The second kappa shape index (κ2) is 10.6. The first-order valence-electron chi connectivity index (χ1n) is 6.33. The number of hydrogen-bond acceptors (Lipinski definition) is 4. The summed E-state index contributed by atoms with van der Waals surface area (Å²) in [7, 11) is 1.57. The Hall–Kier alpha value is -0.360. The number of carbonyl (C=O) groups is 1. The monoisotopic (exact) mass is 280 g/mol. The van der Waals surface area contributed by atoms with Crippen LogP contribution >= 0.6 is 12.4 Å².